The molecule has 0 atom stereocenters. The SMILES string of the molecule is CCN1C(=O)S/C(=C\c2ccc(Sc3ccc(Cl)cc3)c([N+](=O)[O-])c2)C1=O. The second-order valence-electron chi connectivity index (χ2n) is 5.47. The standard InChI is InChI=1S/C18H13ClN2O4S2/c1-2-20-17(22)16(27-18(20)23)10-11-3-8-15(14(9-11)21(24)25)26-13-6-4-12(19)5-7-13/h3-10H,2H2,1H3/b16-10-. The molecule has 0 aromatic heterocycles. The van der Waals surface area contributed by atoms with Crippen molar-refractivity contribution < 1.29 is 14.5 Å². The Morgan fingerprint density at radius 2 is 1.93 bits per heavy atom. The first-order chi connectivity index (χ1) is 12.9. The summed E-state index contributed by atoms with van der Waals surface area (Å²) in [6, 6.07) is 11.7. The van der Waals surface area contributed by atoms with Crippen LogP contribution in [0.1, 0.15) is 12.5 Å². The predicted molar refractivity (Wildman–Crippen MR) is 107 cm³/mol. The third-order valence-corrected chi connectivity index (χ3v) is 5.94. The van der Waals surface area contributed by atoms with Crippen LogP contribution in [-0.4, -0.2) is 27.5 Å². The van der Waals surface area contributed by atoms with Crippen LogP contribution in [0.3, 0.4) is 0 Å². The van der Waals surface area contributed by atoms with E-state index in [1.807, 2.05) is 0 Å². The van der Waals surface area contributed by atoms with Crippen LogP contribution in [-0.2, 0) is 4.79 Å². The lowest BCUT2D eigenvalue weighted by Gasteiger charge is -2.07. The molecule has 1 fully saturated rings. The maximum atomic E-state index is 12.2. The Morgan fingerprint density at radius 1 is 1.22 bits per heavy atom. The van der Waals surface area contributed by atoms with Crippen LogP contribution in [0.4, 0.5) is 10.5 Å². The number of nitro groups is 1. The number of rotatable bonds is 5. The molecule has 0 bridgehead atoms. The maximum absolute atomic E-state index is 12.2. The number of hydrogen-bond donors (Lipinski definition) is 0. The topological polar surface area (TPSA) is 80.5 Å². The number of nitro benzene ring substituents is 1. The first-order valence-electron chi connectivity index (χ1n) is 7.86. The normalized spacial score (nSPS) is 15.6. The largest absolute Gasteiger partial charge is 0.293 e. The van der Waals surface area contributed by atoms with E-state index in [4.69, 9.17) is 11.6 Å². The van der Waals surface area contributed by atoms with Crippen molar-refractivity contribution in [1.29, 1.82) is 0 Å². The molecule has 2 aromatic rings. The van der Waals surface area contributed by atoms with Gasteiger partial charge in [0.2, 0.25) is 0 Å². The molecular formula is C18H13ClN2O4S2. The zero-order valence-corrected chi connectivity index (χ0v) is 16.4. The molecular weight excluding hydrogens is 408 g/mol. The lowest BCUT2D eigenvalue weighted by Crippen LogP contribution is -2.27. The van der Waals surface area contributed by atoms with Gasteiger partial charge in [0.15, 0.2) is 0 Å². The number of benzene rings is 2. The van der Waals surface area contributed by atoms with Crippen molar-refractivity contribution in [2.45, 2.75) is 16.7 Å². The molecule has 2 aromatic carbocycles. The van der Waals surface area contributed by atoms with E-state index in [9.17, 15) is 19.7 Å². The minimum absolute atomic E-state index is 0.0709. The molecule has 2 amide bonds. The van der Waals surface area contributed by atoms with Gasteiger partial charge >= 0.3 is 0 Å². The van der Waals surface area contributed by atoms with Crippen molar-refractivity contribution in [3.63, 3.8) is 0 Å². The quantitative estimate of drug-likeness (QED) is 0.363. The fourth-order valence-electron chi connectivity index (χ4n) is 2.41. The zero-order chi connectivity index (χ0) is 19.6. The van der Waals surface area contributed by atoms with E-state index < -0.39 is 4.92 Å². The molecule has 0 N–H and O–H groups in total. The third kappa shape index (κ3) is 4.35. The molecule has 0 radical (unpaired) electrons. The van der Waals surface area contributed by atoms with Crippen molar-refractivity contribution in [1.82, 2.24) is 4.90 Å². The lowest BCUT2D eigenvalue weighted by atomic mass is 10.2. The highest BCUT2D eigenvalue weighted by molar-refractivity contribution is 8.18. The Kier molecular flexibility index (Phi) is 5.88. The first-order valence-corrected chi connectivity index (χ1v) is 9.87. The van der Waals surface area contributed by atoms with Gasteiger partial charge in [-0.25, -0.2) is 0 Å². The molecule has 138 valence electrons. The van der Waals surface area contributed by atoms with Crippen LogP contribution in [0.5, 0.6) is 0 Å². The van der Waals surface area contributed by atoms with Crippen molar-refractivity contribution >= 4 is 58.0 Å². The van der Waals surface area contributed by atoms with E-state index in [1.54, 1.807) is 43.3 Å². The van der Waals surface area contributed by atoms with Gasteiger partial charge in [0, 0.05) is 22.5 Å². The molecule has 0 spiro atoms. The van der Waals surface area contributed by atoms with E-state index >= 15 is 0 Å². The van der Waals surface area contributed by atoms with Crippen LogP contribution in [0, 0.1) is 10.1 Å². The highest BCUT2D eigenvalue weighted by atomic mass is 35.5. The van der Waals surface area contributed by atoms with Gasteiger partial charge in [-0.15, -0.1) is 0 Å². The van der Waals surface area contributed by atoms with Gasteiger partial charge in [-0.05, 0) is 60.7 Å². The number of carbonyl (C=O) groups excluding carboxylic acids is 2. The molecule has 1 aliphatic heterocycles. The van der Waals surface area contributed by atoms with Crippen molar-refractivity contribution in [3.05, 3.63) is 68.1 Å². The van der Waals surface area contributed by atoms with Gasteiger partial charge < -0.3 is 0 Å². The van der Waals surface area contributed by atoms with Gasteiger partial charge in [-0.1, -0.05) is 29.4 Å². The average molecular weight is 421 g/mol. The number of amides is 2. The molecule has 6 nitrogen and oxygen atoms in total. The molecule has 9 heteroatoms. The summed E-state index contributed by atoms with van der Waals surface area (Å²) in [5.41, 5.74) is 0.419. The lowest BCUT2D eigenvalue weighted by molar-refractivity contribution is -0.387. The average Bonchev–Trinajstić information content (AvgIpc) is 2.90. The highest BCUT2D eigenvalue weighted by Crippen LogP contribution is 2.37. The van der Waals surface area contributed by atoms with Crippen LogP contribution >= 0.6 is 35.1 Å². The number of nitrogens with zero attached hydrogens (tertiary/aromatic N) is 2. The summed E-state index contributed by atoms with van der Waals surface area (Å²) in [7, 11) is 0. The Morgan fingerprint density at radius 3 is 2.52 bits per heavy atom. The van der Waals surface area contributed by atoms with Crippen molar-refractivity contribution in [2.24, 2.45) is 0 Å². The van der Waals surface area contributed by atoms with Crippen molar-refractivity contribution in [2.75, 3.05) is 6.54 Å². The summed E-state index contributed by atoms with van der Waals surface area (Å²) in [5, 5.41) is 11.7. The summed E-state index contributed by atoms with van der Waals surface area (Å²) in [5.74, 6) is -0.380. The Hall–Kier alpha value is -2.29. The summed E-state index contributed by atoms with van der Waals surface area (Å²) < 4.78 is 0. The van der Waals surface area contributed by atoms with Gasteiger partial charge in [0.05, 0.1) is 14.7 Å². The molecule has 1 heterocycles. The highest BCUT2D eigenvalue weighted by Gasteiger charge is 2.33. The first kappa shape index (κ1) is 19.5. The number of halogens is 1. The van der Waals surface area contributed by atoms with Crippen molar-refractivity contribution in [3.8, 4) is 0 Å². The van der Waals surface area contributed by atoms with Crippen LogP contribution in [0.2, 0.25) is 5.02 Å². The molecule has 0 unspecified atom stereocenters. The van der Waals surface area contributed by atoms with Gasteiger partial charge in [0.25, 0.3) is 16.8 Å². The fourth-order valence-corrected chi connectivity index (χ4v) is 4.34. The Bertz CT molecular complexity index is 960. The minimum Gasteiger partial charge on any atom is -0.269 e. The molecule has 0 aliphatic carbocycles. The molecule has 3 rings (SSSR count). The number of likely N-dealkylation sites (N-methyl/N-ethyl adjacent to an activating group) is 1. The molecule has 27 heavy (non-hydrogen) atoms. The van der Waals surface area contributed by atoms with E-state index in [-0.39, 0.29) is 21.7 Å². The van der Waals surface area contributed by atoms with Crippen LogP contribution in [0.25, 0.3) is 6.08 Å². The summed E-state index contributed by atoms with van der Waals surface area (Å²) in [4.78, 5) is 37.7. The summed E-state index contributed by atoms with van der Waals surface area (Å²) in [6.45, 7) is 2.01. The monoisotopic (exact) mass is 420 g/mol. The summed E-state index contributed by atoms with van der Waals surface area (Å²) in [6.07, 6.45) is 1.50. The smallest absolute Gasteiger partial charge is 0.269 e. The minimum atomic E-state index is -0.465. The van der Waals surface area contributed by atoms with Gasteiger partial charge in [-0.2, -0.15) is 0 Å². The van der Waals surface area contributed by atoms with E-state index in [0.29, 0.717) is 22.0 Å². The zero-order valence-electron chi connectivity index (χ0n) is 14.0. The molecule has 0 saturated carbocycles. The number of carbonyl (C=O) groups is 2. The summed E-state index contributed by atoms with van der Waals surface area (Å²) >= 11 is 7.95. The van der Waals surface area contributed by atoms with Gasteiger partial charge in [0.1, 0.15) is 0 Å². The second kappa shape index (κ2) is 8.16. The Balaban J connectivity index is 1.91. The third-order valence-electron chi connectivity index (χ3n) is 3.71. The second-order valence-corrected chi connectivity index (χ2v) is 8.01. The number of imide groups is 1. The van der Waals surface area contributed by atoms with E-state index in [2.05, 4.69) is 0 Å². The number of thioether (sulfide) groups is 1. The van der Waals surface area contributed by atoms with Crippen LogP contribution < -0.4 is 0 Å². The number of hydrogen-bond acceptors (Lipinski definition) is 6. The maximum Gasteiger partial charge on any atom is 0.293 e. The Labute approximate surface area is 168 Å². The molecule has 1 saturated heterocycles. The van der Waals surface area contributed by atoms with Crippen LogP contribution in [0.15, 0.2) is 57.2 Å². The van der Waals surface area contributed by atoms with Gasteiger partial charge in [-0.3, -0.25) is 24.6 Å². The predicted octanol–water partition coefficient (Wildman–Crippen LogP) is 5.46. The van der Waals surface area contributed by atoms with E-state index in [0.717, 1.165) is 21.6 Å². The molecule has 1 aliphatic rings. The fraction of sp³-hybridized carbons (Fsp3) is 0.111. The van der Waals surface area contributed by atoms with E-state index in [1.165, 1.54) is 23.9 Å².